The summed E-state index contributed by atoms with van der Waals surface area (Å²) in [5, 5.41) is -0.534. The van der Waals surface area contributed by atoms with Gasteiger partial charge in [-0.25, -0.2) is 13.1 Å². The van der Waals surface area contributed by atoms with Crippen molar-refractivity contribution in [1.29, 1.82) is 0 Å². The van der Waals surface area contributed by atoms with E-state index in [1.807, 2.05) is 0 Å². The molecule has 0 saturated heterocycles. The first-order chi connectivity index (χ1) is 7.68. The van der Waals surface area contributed by atoms with E-state index in [0.717, 1.165) is 12.1 Å². The molecule has 1 rings (SSSR count). The Morgan fingerprint density at radius 2 is 1.94 bits per heavy atom. The van der Waals surface area contributed by atoms with Gasteiger partial charge in [-0.2, -0.15) is 13.2 Å². The zero-order valence-corrected chi connectivity index (χ0v) is 10.2. The van der Waals surface area contributed by atoms with Crippen LogP contribution >= 0.6 is 11.6 Å². The van der Waals surface area contributed by atoms with E-state index in [1.165, 1.54) is 6.92 Å². The molecule has 0 aliphatic heterocycles. The summed E-state index contributed by atoms with van der Waals surface area (Å²) in [6, 6.07) is 2.45. The molecular weight excluding hydrogens is 279 g/mol. The van der Waals surface area contributed by atoms with Gasteiger partial charge in [-0.1, -0.05) is 18.5 Å². The third kappa shape index (κ3) is 3.34. The van der Waals surface area contributed by atoms with Crippen LogP contribution in [0, 0.1) is 0 Å². The fourth-order valence-electron chi connectivity index (χ4n) is 1.16. The summed E-state index contributed by atoms with van der Waals surface area (Å²) in [5.74, 6) is 0. The lowest BCUT2D eigenvalue weighted by atomic mass is 10.2. The number of hydrogen-bond acceptors (Lipinski definition) is 2. The summed E-state index contributed by atoms with van der Waals surface area (Å²) in [6.45, 7) is 1.62. The average molecular weight is 288 g/mol. The van der Waals surface area contributed by atoms with Crippen LogP contribution < -0.4 is 4.72 Å². The maximum atomic E-state index is 12.5. The van der Waals surface area contributed by atoms with E-state index in [4.69, 9.17) is 11.6 Å². The predicted molar refractivity (Wildman–Crippen MR) is 57.3 cm³/mol. The van der Waals surface area contributed by atoms with Gasteiger partial charge in [-0.05, 0) is 18.2 Å². The number of rotatable bonds is 3. The molecule has 0 spiro atoms. The second-order valence-corrected chi connectivity index (χ2v) is 5.31. The normalized spacial score (nSPS) is 12.8. The van der Waals surface area contributed by atoms with Crippen LogP contribution in [0.3, 0.4) is 0 Å². The van der Waals surface area contributed by atoms with Crippen LogP contribution in [-0.4, -0.2) is 15.0 Å². The molecule has 0 aliphatic carbocycles. The van der Waals surface area contributed by atoms with E-state index in [-0.39, 0.29) is 6.54 Å². The molecule has 0 bridgehead atoms. The molecule has 1 aromatic rings. The molecule has 17 heavy (non-hydrogen) atoms. The zero-order valence-electron chi connectivity index (χ0n) is 8.68. The van der Waals surface area contributed by atoms with Gasteiger partial charge in [0, 0.05) is 6.54 Å². The first-order valence-electron chi connectivity index (χ1n) is 4.55. The summed E-state index contributed by atoms with van der Waals surface area (Å²) in [7, 11) is -3.92. The summed E-state index contributed by atoms with van der Waals surface area (Å²) >= 11 is 5.37. The molecule has 0 radical (unpaired) electrons. The van der Waals surface area contributed by atoms with Crippen molar-refractivity contribution in [1.82, 2.24) is 4.72 Å². The minimum absolute atomic E-state index is 0.0896. The Hall–Kier alpha value is -0.790. The third-order valence-corrected chi connectivity index (χ3v) is 3.76. The number of alkyl halides is 3. The van der Waals surface area contributed by atoms with E-state index in [2.05, 4.69) is 4.72 Å². The topological polar surface area (TPSA) is 46.2 Å². The second-order valence-electron chi connectivity index (χ2n) is 3.14. The molecule has 0 fully saturated rings. The maximum absolute atomic E-state index is 12.5. The summed E-state index contributed by atoms with van der Waals surface area (Å²) in [6.07, 6.45) is -4.69. The fourth-order valence-corrected chi connectivity index (χ4v) is 2.45. The number of hydrogen-bond donors (Lipinski definition) is 1. The first-order valence-corrected chi connectivity index (χ1v) is 6.41. The Morgan fingerprint density at radius 1 is 1.35 bits per heavy atom. The van der Waals surface area contributed by atoms with Crippen molar-refractivity contribution in [3.05, 3.63) is 28.8 Å². The van der Waals surface area contributed by atoms with E-state index in [0.29, 0.717) is 6.07 Å². The van der Waals surface area contributed by atoms with Gasteiger partial charge < -0.3 is 0 Å². The molecule has 96 valence electrons. The smallest absolute Gasteiger partial charge is 0.211 e. The van der Waals surface area contributed by atoms with Gasteiger partial charge in [0.05, 0.1) is 15.5 Å². The van der Waals surface area contributed by atoms with Crippen LogP contribution in [0.15, 0.2) is 23.1 Å². The quantitative estimate of drug-likeness (QED) is 0.929. The highest BCUT2D eigenvalue weighted by Gasteiger charge is 2.34. The average Bonchev–Trinajstić information content (AvgIpc) is 2.15. The third-order valence-electron chi connectivity index (χ3n) is 1.89. The molecule has 0 atom stereocenters. The highest BCUT2D eigenvalue weighted by Crippen LogP contribution is 2.35. The van der Waals surface area contributed by atoms with E-state index in [1.54, 1.807) is 0 Å². The first kappa shape index (κ1) is 14.3. The Bertz CT molecular complexity index is 513. The number of nitrogens with one attached hydrogen (secondary N) is 1. The molecule has 3 nitrogen and oxygen atoms in total. The minimum Gasteiger partial charge on any atom is -0.211 e. The van der Waals surface area contributed by atoms with Gasteiger partial charge in [0.2, 0.25) is 10.0 Å². The summed E-state index contributed by atoms with van der Waals surface area (Å²) in [4.78, 5) is -0.462. The van der Waals surface area contributed by atoms with Crippen LogP contribution in [0.25, 0.3) is 0 Å². The molecule has 0 unspecified atom stereocenters. The van der Waals surface area contributed by atoms with Gasteiger partial charge >= 0.3 is 6.18 Å². The van der Waals surface area contributed by atoms with Gasteiger partial charge in [0.1, 0.15) is 0 Å². The van der Waals surface area contributed by atoms with Crippen molar-refractivity contribution >= 4 is 21.6 Å². The second kappa shape index (κ2) is 4.83. The molecule has 1 N–H and O–H groups in total. The molecule has 0 aromatic heterocycles. The molecule has 8 heteroatoms. The van der Waals surface area contributed by atoms with Crippen molar-refractivity contribution < 1.29 is 21.6 Å². The fraction of sp³-hybridized carbons (Fsp3) is 0.333. The zero-order chi connectivity index (χ0) is 13.3. The Labute approximate surface area is 102 Å². The highest BCUT2D eigenvalue weighted by molar-refractivity contribution is 7.89. The van der Waals surface area contributed by atoms with Crippen molar-refractivity contribution in [2.24, 2.45) is 0 Å². The van der Waals surface area contributed by atoms with Crippen molar-refractivity contribution in [2.45, 2.75) is 18.0 Å². The number of halogens is 4. The SMILES string of the molecule is CCNS(=O)(=O)c1ccc(Cl)c(C(F)(F)F)c1. The van der Waals surface area contributed by atoms with E-state index >= 15 is 0 Å². The molecule has 0 aliphatic rings. The maximum Gasteiger partial charge on any atom is 0.417 e. The van der Waals surface area contributed by atoms with Crippen LogP contribution in [0.2, 0.25) is 5.02 Å². The van der Waals surface area contributed by atoms with Crippen LogP contribution in [-0.2, 0) is 16.2 Å². The lowest BCUT2D eigenvalue weighted by Crippen LogP contribution is -2.23. The predicted octanol–water partition coefficient (Wildman–Crippen LogP) is 2.66. The molecule has 0 amide bonds. The van der Waals surface area contributed by atoms with E-state index in [9.17, 15) is 21.6 Å². The monoisotopic (exact) mass is 287 g/mol. The van der Waals surface area contributed by atoms with Crippen LogP contribution in [0.4, 0.5) is 13.2 Å². The van der Waals surface area contributed by atoms with E-state index < -0.39 is 31.7 Å². The summed E-state index contributed by atoms with van der Waals surface area (Å²) in [5.41, 5.74) is -1.17. The van der Waals surface area contributed by atoms with Crippen molar-refractivity contribution in [2.75, 3.05) is 6.54 Å². The van der Waals surface area contributed by atoms with Gasteiger partial charge in [-0.3, -0.25) is 0 Å². The largest absolute Gasteiger partial charge is 0.417 e. The van der Waals surface area contributed by atoms with Gasteiger partial charge in [0.15, 0.2) is 0 Å². The van der Waals surface area contributed by atoms with Gasteiger partial charge in [-0.15, -0.1) is 0 Å². The number of sulfonamides is 1. The van der Waals surface area contributed by atoms with Crippen LogP contribution in [0.1, 0.15) is 12.5 Å². The summed E-state index contributed by atoms with van der Waals surface area (Å²) < 4.78 is 62.6. The Morgan fingerprint density at radius 3 is 2.41 bits per heavy atom. The Kier molecular flexibility index (Phi) is 4.06. The molecular formula is C9H9ClF3NO2S. The lowest BCUT2D eigenvalue weighted by molar-refractivity contribution is -0.137. The lowest BCUT2D eigenvalue weighted by Gasteiger charge is -2.11. The highest BCUT2D eigenvalue weighted by atomic mass is 35.5. The van der Waals surface area contributed by atoms with Crippen molar-refractivity contribution in [3.8, 4) is 0 Å². The number of benzene rings is 1. The molecule has 1 aromatic carbocycles. The Balaban J connectivity index is 3.32. The van der Waals surface area contributed by atoms with Crippen molar-refractivity contribution in [3.63, 3.8) is 0 Å². The van der Waals surface area contributed by atoms with Gasteiger partial charge in [0.25, 0.3) is 0 Å². The van der Waals surface area contributed by atoms with Crippen LogP contribution in [0.5, 0.6) is 0 Å². The molecule has 0 saturated carbocycles. The minimum atomic E-state index is -4.69. The standard InChI is InChI=1S/C9H9ClF3NO2S/c1-2-14-17(15,16)6-3-4-8(10)7(5-6)9(11,12)13/h3-5,14H,2H2,1H3. The molecule has 0 heterocycles.